The summed E-state index contributed by atoms with van der Waals surface area (Å²) in [6.07, 6.45) is 1.90. The molecule has 1 heterocycles. The van der Waals surface area contributed by atoms with Crippen molar-refractivity contribution in [2.24, 2.45) is 10.8 Å². The van der Waals surface area contributed by atoms with Crippen molar-refractivity contribution in [2.45, 2.75) is 53.5 Å². The molecule has 0 aromatic rings. The summed E-state index contributed by atoms with van der Waals surface area (Å²) >= 11 is 0. The van der Waals surface area contributed by atoms with Gasteiger partial charge in [0.25, 0.3) is 0 Å². The van der Waals surface area contributed by atoms with Crippen molar-refractivity contribution < 1.29 is 4.79 Å². The Bertz CT molecular complexity index is 274. The van der Waals surface area contributed by atoms with Gasteiger partial charge < -0.3 is 10.2 Å². The van der Waals surface area contributed by atoms with Gasteiger partial charge in [-0.05, 0) is 38.3 Å². The standard InChI is InChI=1S/C14H28N2O/c1-11(13(2,3)4)16(6)12(17)14(5)7-9-15-10-8-14/h11,15H,7-10H2,1-6H3. The summed E-state index contributed by atoms with van der Waals surface area (Å²) < 4.78 is 0. The Morgan fingerprint density at radius 1 is 1.29 bits per heavy atom. The van der Waals surface area contributed by atoms with E-state index in [2.05, 4.69) is 39.9 Å². The van der Waals surface area contributed by atoms with E-state index < -0.39 is 0 Å². The van der Waals surface area contributed by atoms with Crippen LogP contribution < -0.4 is 5.32 Å². The Morgan fingerprint density at radius 2 is 1.76 bits per heavy atom. The van der Waals surface area contributed by atoms with Gasteiger partial charge in [-0.2, -0.15) is 0 Å². The van der Waals surface area contributed by atoms with Crippen LogP contribution in [0.3, 0.4) is 0 Å². The minimum Gasteiger partial charge on any atom is -0.342 e. The molecule has 1 amide bonds. The lowest BCUT2D eigenvalue weighted by Gasteiger charge is -2.42. The zero-order valence-electron chi connectivity index (χ0n) is 12.3. The van der Waals surface area contributed by atoms with Crippen LogP contribution in [0.2, 0.25) is 0 Å². The molecule has 1 rings (SSSR count). The second-order valence-electron chi connectivity index (χ2n) is 6.77. The van der Waals surface area contributed by atoms with Gasteiger partial charge in [-0.25, -0.2) is 0 Å². The Kier molecular flexibility index (Phi) is 4.23. The molecule has 1 saturated heterocycles. The first kappa shape index (κ1) is 14.5. The minimum absolute atomic E-state index is 0.133. The topological polar surface area (TPSA) is 32.3 Å². The molecule has 1 unspecified atom stereocenters. The predicted molar refractivity (Wildman–Crippen MR) is 71.9 cm³/mol. The number of carbonyl (C=O) groups is 1. The van der Waals surface area contributed by atoms with Crippen molar-refractivity contribution in [2.75, 3.05) is 20.1 Å². The van der Waals surface area contributed by atoms with E-state index in [1.807, 2.05) is 11.9 Å². The number of rotatable bonds is 2. The Morgan fingerprint density at radius 3 is 2.18 bits per heavy atom. The molecule has 0 aromatic heterocycles. The maximum atomic E-state index is 12.6. The number of nitrogens with one attached hydrogen (secondary N) is 1. The van der Waals surface area contributed by atoms with Crippen molar-refractivity contribution in [1.29, 1.82) is 0 Å². The Hall–Kier alpha value is -0.570. The predicted octanol–water partition coefficient (Wildman–Crippen LogP) is 2.27. The summed E-state index contributed by atoms with van der Waals surface area (Å²) in [7, 11) is 1.95. The highest BCUT2D eigenvalue weighted by Crippen LogP contribution is 2.33. The van der Waals surface area contributed by atoms with Crippen LogP contribution in [-0.4, -0.2) is 37.0 Å². The molecule has 1 fully saturated rings. The number of piperidine rings is 1. The fourth-order valence-electron chi connectivity index (χ4n) is 2.38. The third-order valence-electron chi connectivity index (χ3n) is 4.38. The van der Waals surface area contributed by atoms with Crippen molar-refractivity contribution in [3.05, 3.63) is 0 Å². The SMILES string of the molecule is CC(N(C)C(=O)C1(C)CCNCC1)C(C)(C)C. The summed E-state index contributed by atoms with van der Waals surface area (Å²) in [6, 6.07) is 0.265. The van der Waals surface area contributed by atoms with Gasteiger partial charge in [-0.15, -0.1) is 0 Å². The maximum absolute atomic E-state index is 12.6. The first-order chi connectivity index (χ1) is 7.68. The largest absolute Gasteiger partial charge is 0.342 e. The normalized spacial score (nSPS) is 22.0. The van der Waals surface area contributed by atoms with E-state index in [0.717, 1.165) is 25.9 Å². The molecule has 0 bridgehead atoms. The van der Waals surface area contributed by atoms with E-state index in [4.69, 9.17) is 0 Å². The smallest absolute Gasteiger partial charge is 0.228 e. The fourth-order valence-corrected chi connectivity index (χ4v) is 2.38. The van der Waals surface area contributed by atoms with Gasteiger partial charge in [0.1, 0.15) is 0 Å². The second-order valence-corrected chi connectivity index (χ2v) is 6.77. The highest BCUT2D eigenvalue weighted by Gasteiger charge is 2.39. The monoisotopic (exact) mass is 240 g/mol. The van der Waals surface area contributed by atoms with Crippen molar-refractivity contribution >= 4 is 5.91 Å². The molecule has 100 valence electrons. The summed E-state index contributed by atoms with van der Waals surface area (Å²) in [4.78, 5) is 14.6. The van der Waals surface area contributed by atoms with Crippen LogP contribution in [0.4, 0.5) is 0 Å². The average Bonchev–Trinajstić information content (AvgIpc) is 2.26. The molecule has 3 heteroatoms. The summed E-state index contributed by atoms with van der Waals surface area (Å²) in [5.41, 5.74) is -0.0345. The third-order valence-corrected chi connectivity index (χ3v) is 4.38. The van der Waals surface area contributed by atoms with Crippen molar-refractivity contribution in [1.82, 2.24) is 10.2 Å². The van der Waals surface area contributed by atoms with Gasteiger partial charge in [0, 0.05) is 18.5 Å². The second kappa shape index (κ2) is 4.97. The van der Waals surface area contributed by atoms with E-state index >= 15 is 0 Å². The quantitative estimate of drug-likeness (QED) is 0.803. The lowest BCUT2D eigenvalue weighted by molar-refractivity contribution is -0.145. The van der Waals surface area contributed by atoms with Crippen LogP contribution in [0.15, 0.2) is 0 Å². The zero-order valence-corrected chi connectivity index (χ0v) is 12.3. The Labute approximate surface area is 106 Å². The van der Waals surface area contributed by atoms with Crippen LogP contribution in [0.25, 0.3) is 0 Å². The van der Waals surface area contributed by atoms with Gasteiger partial charge in [-0.3, -0.25) is 4.79 Å². The van der Waals surface area contributed by atoms with E-state index in [9.17, 15) is 4.79 Å². The van der Waals surface area contributed by atoms with E-state index in [0.29, 0.717) is 5.91 Å². The van der Waals surface area contributed by atoms with Crippen molar-refractivity contribution in [3.8, 4) is 0 Å². The van der Waals surface area contributed by atoms with Crippen LogP contribution in [0, 0.1) is 10.8 Å². The van der Waals surface area contributed by atoms with Gasteiger partial charge >= 0.3 is 0 Å². The molecule has 0 radical (unpaired) electrons. The molecular weight excluding hydrogens is 212 g/mol. The van der Waals surface area contributed by atoms with E-state index in [1.54, 1.807) is 0 Å². The molecule has 3 nitrogen and oxygen atoms in total. The first-order valence-corrected chi connectivity index (χ1v) is 6.66. The van der Waals surface area contributed by atoms with Crippen molar-refractivity contribution in [3.63, 3.8) is 0 Å². The average molecular weight is 240 g/mol. The number of hydrogen-bond donors (Lipinski definition) is 1. The lowest BCUT2D eigenvalue weighted by atomic mass is 9.78. The lowest BCUT2D eigenvalue weighted by Crippen LogP contribution is -2.51. The van der Waals surface area contributed by atoms with Gasteiger partial charge in [-0.1, -0.05) is 27.7 Å². The minimum atomic E-state index is -0.167. The molecule has 1 aliphatic rings. The highest BCUT2D eigenvalue weighted by molar-refractivity contribution is 5.82. The van der Waals surface area contributed by atoms with Gasteiger partial charge in [0.15, 0.2) is 0 Å². The van der Waals surface area contributed by atoms with Gasteiger partial charge in [0.05, 0.1) is 0 Å². The van der Waals surface area contributed by atoms with Crippen LogP contribution >= 0.6 is 0 Å². The molecule has 0 aliphatic carbocycles. The number of carbonyl (C=O) groups excluding carboxylic acids is 1. The molecule has 1 aliphatic heterocycles. The maximum Gasteiger partial charge on any atom is 0.228 e. The molecule has 0 aromatic carbocycles. The van der Waals surface area contributed by atoms with E-state index in [-0.39, 0.29) is 16.9 Å². The molecule has 1 N–H and O–H groups in total. The van der Waals surface area contributed by atoms with Crippen LogP contribution in [0.5, 0.6) is 0 Å². The highest BCUT2D eigenvalue weighted by atomic mass is 16.2. The molecule has 0 saturated carbocycles. The van der Waals surface area contributed by atoms with Gasteiger partial charge in [0.2, 0.25) is 5.91 Å². The van der Waals surface area contributed by atoms with E-state index in [1.165, 1.54) is 0 Å². The third kappa shape index (κ3) is 3.21. The summed E-state index contributed by atoms with van der Waals surface area (Å²) in [5.74, 6) is 0.307. The summed E-state index contributed by atoms with van der Waals surface area (Å²) in [6.45, 7) is 12.7. The zero-order chi connectivity index (χ0) is 13.3. The van der Waals surface area contributed by atoms with Crippen LogP contribution in [0.1, 0.15) is 47.5 Å². The Balaban J connectivity index is 2.75. The first-order valence-electron chi connectivity index (χ1n) is 6.66. The molecule has 0 spiro atoms. The molecule has 1 atom stereocenters. The number of nitrogens with zero attached hydrogens (tertiary/aromatic N) is 1. The fraction of sp³-hybridized carbons (Fsp3) is 0.929. The molecule has 17 heavy (non-hydrogen) atoms. The van der Waals surface area contributed by atoms with Crippen LogP contribution in [-0.2, 0) is 4.79 Å². The summed E-state index contributed by atoms with van der Waals surface area (Å²) in [5, 5.41) is 3.32. The molecular formula is C14H28N2O. The number of hydrogen-bond acceptors (Lipinski definition) is 2. The number of amides is 1.